The van der Waals surface area contributed by atoms with Crippen molar-refractivity contribution in [3.63, 3.8) is 0 Å². The molecule has 2 atom stereocenters. The first-order valence-electron chi connectivity index (χ1n) is 14.1. The molecule has 0 aliphatic heterocycles. The first-order valence-corrected chi connectivity index (χ1v) is 14.1. The molecule has 2 N–H and O–H groups in total. The van der Waals surface area contributed by atoms with Crippen LogP contribution < -0.4 is 10.6 Å². The molecular formula is C31H53N3O4. The molecule has 216 valence electrons. The standard InChI is InChI=1S/C31H53N3O4/c1-12-13-14-15-18-34(28(36)25(19-21(2)3)32-29(37)38-31(9,10)11)26(27(35)33-30(6,7)8)24-17-16-22(4)23(5)20-24/h16-17,20-21,25-26H,12-15,18-19H2,1-11H3,(H,32,37)(H,33,35). The number of nitrogens with zero attached hydrogens (tertiary/aromatic N) is 1. The molecule has 0 saturated carbocycles. The van der Waals surface area contributed by atoms with Crippen LogP contribution in [0.1, 0.15) is 117 Å². The highest BCUT2D eigenvalue weighted by Crippen LogP contribution is 2.27. The first-order chi connectivity index (χ1) is 17.4. The normalized spacial score (nSPS) is 13.6. The van der Waals surface area contributed by atoms with Crippen LogP contribution in [0.25, 0.3) is 0 Å². The van der Waals surface area contributed by atoms with Crippen molar-refractivity contribution in [3.05, 3.63) is 34.9 Å². The lowest BCUT2D eigenvalue weighted by atomic mass is 9.95. The second-order valence-corrected chi connectivity index (χ2v) is 12.9. The minimum atomic E-state index is -0.822. The summed E-state index contributed by atoms with van der Waals surface area (Å²) in [7, 11) is 0. The van der Waals surface area contributed by atoms with Gasteiger partial charge in [0.1, 0.15) is 17.7 Å². The van der Waals surface area contributed by atoms with Crippen LogP contribution in [0.15, 0.2) is 18.2 Å². The Morgan fingerprint density at radius 3 is 2.08 bits per heavy atom. The van der Waals surface area contributed by atoms with E-state index < -0.39 is 29.3 Å². The molecule has 0 aliphatic carbocycles. The lowest BCUT2D eigenvalue weighted by Crippen LogP contribution is -2.55. The Morgan fingerprint density at radius 2 is 1.58 bits per heavy atom. The molecular weight excluding hydrogens is 478 g/mol. The average Bonchev–Trinajstić information content (AvgIpc) is 2.74. The molecule has 1 aromatic rings. The third-order valence-corrected chi connectivity index (χ3v) is 6.14. The summed E-state index contributed by atoms with van der Waals surface area (Å²) in [6.45, 7) is 21.8. The van der Waals surface area contributed by atoms with E-state index in [0.29, 0.717) is 13.0 Å². The zero-order chi connectivity index (χ0) is 29.3. The minimum absolute atomic E-state index is 0.143. The summed E-state index contributed by atoms with van der Waals surface area (Å²) in [5, 5.41) is 5.91. The lowest BCUT2D eigenvalue weighted by molar-refractivity contribution is -0.143. The lowest BCUT2D eigenvalue weighted by Gasteiger charge is -2.36. The van der Waals surface area contributed by atoms with Crippen LogP contribution in [0, 0.1) is 19.8 Å². The maximum atomic E-state index is 14.3. The van der Waals surface area contributed by atoms with Gasteiger partial charge in [-0.3, -0.25) is 9.59 Å². The Balaban J connectivity index is 3.57. The number of ether oxygens (including phenoxy) is 1. The van der Waals surface area contributed by atoms with Gasteiger partial charge in [0.2, 0.25) is 11.8 Å². The molecule has 2 unspecified atom stereocenters. The molecule has 0 aromatic heterocycles. The van der Waals surface area contributed by atoms with Crippen LogP contribution in [0.5, 0.6) is 0 Å². The summed E-state index contributed by atoms with van der Waals surface area (Å²) >= 11 is 0. The highest BCUT2D eigenvalue weighted by molar-refractivity contribution is 5.92. The number of rotatable bonds is 12. The maximum Gasteiger partial charge on any atom is 0.408 e. The molecule has 3 amide bonds. The molecule has 0 spiro atoms. The number of nitrogens with one attached hydrogen (secondary N) is 2. The fourth-order valence-corrected chi connectivity index (χ4v) is 4.26. The van der Waals surface area contributed by atoms with E-state index in [0.717, 1.165) is 42.4 Å². The number of aryl methyl sites for hydroxylation is 2. The number of unbranched alkanes of at least 4 members (excludes halogenated alkanes) is 3. The van der Waals surface area contributed by atoms with Crippen molar-refractivity contribution in [1.29, 1.82) is 0 Å². The van der Waals surface area contributed by atoms with Gasteiger partial charge in [-0.2, -0.15) is 0 Å². The van der Waals surface area contributed by atoms with Gasteiger partial charge < -0.3 is 20.3 Å². The van der Waals surface area contributed by atoms with Crippen LogP contribution >= 0.6 is 0 Å². The van der Waals surface area contributed by atoms with Crippen molar-refractivity contribution in [2.45, 2.75) is 131 Å². The van der Waals surface area contributed by atoms with Crippen molar-refractivity contribution in [1.82, 2.24) is 15.5 Å². The molecule has 1 aromatic carbocycles. The summed E-state index contributed by atoms with van der Waals surface area (Å²) in [5.74, 6) is -0.359. The first kappa shape index (κ1) is 33.5. The second-order valence-electron chi connectivity index (χ2n) is 12.9. The summed E-state index contributed by atoms with van der Waals surface area (Å²) in [4.78, 5) is 42.5. The molecule has 0 heterocycles. The molecule has 0 saturated heterocycles. The molecule has 0 fully saturated rings. The SMILES string of the molecule is CCCCCCN(C(=O)C(CC(C)C)NC(=O)OC(C)(C)C)C(C(=O)NC(C)(C)C)c1ccc(C)c(C)c1. The summed E-state index contributed by atoms with van der Waals surface area (Å²) < 4.78 is 5.48. The Morgan fingerprint density at radius 1 is 0.947 bits per heavy atom. The molecule has 38 heavy (non-hydrogen) atoms. The van der Waals surface area contributed by atoms with E-state index in [1.807, 2.05) is 66.7 Å². The summed E-state index contributed by atoms with van der Waals surface area (Å²) in [6.07, 6.45) is 3.64. The fourth-order valence-electron chi connectivity index (χ4n) is 4.26. The Hall–Kier alpha value is -2.57. The van der Waals surface area contributed by atoms with E-state index in [9.17, 15) is 14.4 Å². The highest BCUT2D eigenvalue weighted by atomic mass is 16.6. The number of hydrogen-bond acceptors (Lipinski definition) is 4. The van der Waals surface area contributed by atoms with Gasteiger partial charge in [0.05, 0.1) is 0 Å². The van der Waals surface area contributed by atoms with Gasteiger partial charge in [-0.15, -0.1) is 0 Å². The third-order valence-electron chi connectivity index (χ3n) is 6.14. The van der Waals surface area contributed by atoms with Gasteiger partial charge in [-0.25, -0.2) is 4.79 Å². The Labute approximate surface area is 231 Å². The predicted octanol–water partition coefficient (Wildman–Crippen LogP) is 6.61. The molecule has 7 heteroatoms. The highest BCUT2D eigenvalue weighted by Gasteiger charge is 2.37. The van der Waals surface area contributed by atoms with Gasteiger partial charge >= 0.3 is 6.09 Å². The van der Waals surface area contributed by atoms with Gasteiger partial charge in [0, 0.05) is 12.1 Å². The third kappa shape index (κ3) is 11.9. The maximum absolute atomic E-state index is 14.3. The zero-order valence-corrected chi connectivity index (χ0v) is 25.8. The quantitative estimate of drug-likeness (QED) is 0.297. The van der Waals surface area contributed by atoms with E-state index in [1.165, 1.54) is 0 Å². The van der Waals surface area contributed by atoms with Crippen LogP contribution in [0.3, 0.4) is 0 Å². The van der Waals surface area contributed by atoms with Crippen LogP contribution in [0.4, 0.5) is 4.79 Å². The number of alkyl carbamates (subject to hydrolysis) is 1. The van der Waals surface area contributed by atoms with E-state index >= 15 is 0 Å². The van der Waals surface area contributed by atoms with Crippen LogP contribution in [-0.2, 0) is 14.3 Å². The van der Waals surface area contributed by atoms with Crippen LogP contribution in [-0.4, -0.2) is 46.5 Å². The summed E-state index contributed by atoms with van der Waals surface area (Å²) in [6, 6.07) is 4.28. The summed E-state index contributed by atoms with van der Waals surface area (Å²) in [5.41, 5.74) is 1.77. The second kappa shape index (κ2) is 14.5. The number of amides is 3. The number of hydrogen-bond donors (Lipinski definition) is 2. The molecule has 7 nitrogen and oxygen atoms in total. The van der Waals surface area contributed by atoms with Crippen molar-refractivity contribution in [2.75, 3.05) is 6.54 Å². The van der Waals surface area contributed by atoms with E-state index in [1.54, 1.807) is 25.7 Å². The van der Waals surface area contributed by atoms with Gasteiger partial charge in [-0.05, 0) is 90.8 Å². The average molecular weight is 532 g/mol. The van der Waals surface area contributed by atoms with Crippen molar-refractivity contribution < 1.29 is 19.1 Å². The largest absolute Gasteiger partial charge is 0.444 e. The van der Waals surface area contributed by atoms with E-state index in [-0.39, 0.29) is 17.7 Å². The minimum Gasteiger partial charge on any atom is -0.444 e. The van der Waals surface area contributed by atoms with Gasteiger partial charge in [0.25, 0.3) is 0 Å². The molecule has 0 radical (unpaired) electrons. The topological polar surface area (TPSA) is 87.7 Å². The number of benzene rings is 1. The fraction of sp³-hybridized carbons (Fsp3) is 0.710. The van der Waals surface area contributed by atoms with E-state index in [4.69, 9.17) is 4.74 Å². The van der Waals surface area contributed by atoms with Gasteiger partial charge in [0.15, 0.2) is 0 Å². The zero-order valence-electron chi connectivity index (χ0n) is 25.8. The Kier molecular flexibility index (Phi) is 12.8. The molecule has 0 bridgehead atoms. The smallest absolute Gasteiger partial charge is 0.408 e. The van der Waals surface area contributed by atoms with E-state index in [2.05, 4.69) is 17.6 Å². The Bertz CT molecular complexity index is 928. The molecule has 0 aliphatic rings. The molecule has 1 rings (SSSR count). The van der Waals surface area contributed by atoms with Crippen molar-refractivity contribution >= 4 is 17.9 Å². The van der Waals surface area contributed by atoms with Crippen LogP contribution in [0.2, 0.25) is 0 Å². The van der Waals surface area contributed by atoms with Gasteiger partial charge in [-0.1, -0.05) is 58.2 Å². The number of carbonyl (C=O) groups is 3. The predicted molar refractivity (Wildman–Crippen MR) is 155 cm³/mol. The number of carbonyl (C=O) groups excluding carboxylic acids is 3. The van der Waals surface area contributed by atoms with Crippen molar-refractivity contribution in [3.8, 4) is 0 Å². The monoisotopic (exact) mass is 531 g/mol. The van der Waals surface area contributed by atoms with Crippen molar-refractivity contribution in [2.24, 2.45) is 5.92 Å².